The van der Waals surface area contributed by atoms with Crippen LogP contribution in [0.4, 0.5) is 5.69 Å². The molecule has 4 nitrogen and oxygen atoms in total. The number of fused-ring (bicyclic) bond motifs is 2. The van der Waals surface area contributed by atoms with Gasteiger partial charge in [-0.2, -0.15) is 4.57 Å². The van der Waals surface area contributed by atoms with Crippen LogP contribution in [0.2, 0.25) is 0 Å². The molecule has 3 aromatic heterocycles. The lowest BCUT2D eigenvalue weighted by atomic mass is 9.97. The number of aromatic nitrogens is 3. The molecule has 4 heterocycles. The molecule has 142 valence electrons. The van der Waals surface area contributed by atoms with Gasteiger partial charge in [-0.25, -0.2) is 0 Å². The predicted molar refractivity (Wildman–Crippen MR) is 113 cm³/mol. The van der Waals surface area contributed by atoms with E-state index in [1.54, 1.807) is 0 Å². The van der Waals surface area contributed by atoms with E-state index in [9.17, 15) is 0 Å². The summed E-state index contributed by atoms with van der Waals surface area (Å²) in [4.78, 5) is 11.4. The van der Waals surface area contributed by atoms with Crippen LogP contribution in [-0.2, 0) is 26.1 Å². The van der Waals surface area contributed by atoms with Crippen molar-refractivity contribution in [2.24, 2.45) is 0 Å². The molecule has 0 saturated heterocycles. The van der Waals surface area contributed by atoms with E-state index in [2.05, 4.69) is 74.2 Å². The van der Waals surface area contributed by atoms with E-state index in [1.165, 1.54) is 22.5 Å². The van der Waals surface area contributed by atoms with Gasteiger partial charge in [0.05, 0.1) is 30.9 Å². The molecule has 0 amide bonds. The van der Waals surface area contributed by atoms with Gasteiger partial charge in [0.25, 0.3) is 0 Å². The highest BCUT2D eigenvalue weighted by atomic mass is 15.1. The van der Waals surface area contributed by atoms with Crippen molar-refractivity contribution in [1.29, 1.82) is 0 Å². The Morgan fingerprint density at radius 3 is 2.17 bits per heavy atom. The van der Waals surface area contributed by atoms with E-state index in [0.717, 1.165) is 37.4 Å². The smallest absolute Gasteiger partial charge is 0.186 e. The third-order valence-corrected chi connectivity index (χ3v) is 5.46. The third-order valence-electron chi connectivity index (χ3n) is 5.46. The van der Waals surface area contributed by atoms with E-state index < -0.39 is 0 Å². The summed E-state index contributed by atoms with van der Waals surface area (Å²) in [6, 6.07) is 25.5. The quantitative estimate of drug-likeness (QED) is 0.434. The topological polar surface area (TPSA) is 32.9 Å². The first kappa shape index (κ1) is 17.6. The summed E-state index contributed by atoms with van der Waals surface area (Å²) in [6.07, 6.45) is 6.84. The van der Waals surface area contributed by atoms with Gasteiger partial charge in [-0.1, -0.05) is 24.3 Å². The van der Waals surface area contributed by atoms with Crippen LogP contribution in [0.25, 0.3) is 0 Å². The minimum Gasteiger partial charge on any atom is -0.360 e. The molecule has 0 saturated carbocycles. The van der Waals surface area contributed by atoms with Gasteiger partial charge >= 0.3 is 0 Å². The van der Waals surface area contributed by atoms with E-state index in [1.807, 2.05) is 36.7 Å². The molecule has 1 aliphatic heterocycles. The first-order valence-electron chi connectivity index (χ1n) is 9.99. The van der Waals surface area contributed by atoms with Crippen LogP contribution in [-0.4, -0.2) is 9.97 Å². The van der Waals surface area contributed by atoms with Gasteiger partial charge in [-0.05, 0) is 42.0 Å². The fourth-order valence-electron chi connectivity index (χ4n) is 3.95. The molecule has 1 aliphatic rings. The highest BCUT2D eigenvalue weighted by Gasteiger charge is 2.22. The second-order valence-electron chi connectivity index (χ2n) is 7.45. The van der Waals surface area contributed by atoms with Crippen LogP contribution in [0, 0.1) is 0 Å². The van der Waals surface area contributed by atoms with Crippen molar-refractivity contribution >= 4 is 5.69 Å². The Hall–Kier alpha value is -3.53. The highest BCUT2D eigenvalue weighted by Crippen LogP contribution is 2.26. The third kappa shape index (κ3) is 3.87. The van der Waals surface area contributed by atoms with Gasteiger partial charge in [0, 0.05) is 35.8 Å². The molecule has 0 bridgehead atoms. The SMILES string of the molecule is c1ccc(CN(Cc2ccccn2)c2ccc3c(c2)Cc2cccc[n+]2C3)nc1. The molecule has 5 rings (SSSR count). The Bertz CT molecular complexity index is 1070. The van der Waals surface area contributed by atoms with Gasteiger partial charge < -0.3 is 4.90 Å². The van der Waals surface area contributed by atoms with Crippen LogP contribution in [0.15, 0.2) is 91.4 Å². The zero-order chi connectivity index (χ0) is 19.5. The van der Waals surface area contributed by atoms with E-state index in [0.29, 0.717) is 0 Å². The van der Waals surface area contributed by atoms with Crippen molar-refractivity contribution in [3.8, 4) is 0 Å². The summed E-state index contributed by atoms with van der Waals surface area (Å²) in [5.74, 6) is 0. The second kappa shape index (κ2) is 7.84. The number of hydrogen-bond acceptors (Lipinski definition) is 3. The summed E-state index contributed by atoms with van der Waals surface area (Å²) in [7, 11) is 0. The average molecular weight is 379 g/mol. The lowest BCUT2D eigenvalue weighted by molar-refractivity contribution is -0.697. The van der Waals surface area contributed by atoms with E-state index in [4.69, 9.17) is 0 Å². The average Bonchev–Trinajstić information content (AvgIpc) is 2.78. The Morgan fingerprint density at radius 1 is 0.759 bits per heavy atom. The van der Waals surface area contributed by atoms with E-state index >= 15 is 0 Å². The second-order valence-corrected chi connectivity index (χ2v) is 7.45. The predicted octanol–water partition coefficient (Wildman–Crippen LogP) is 3.92. The number of nitrogens with zero attached hydrogens (tertiary/aromatic N) is 4. The molecule has 1 aromatic carbocycles. The van der Waals surface area contributed by atoms with Crippen LogP contribution < -0.4 is 9.47 Å². The van der Waals surface area contributed by atoms with Crippen LogP contribution in [0.5, 0.6) is 0 Å². The number of benzene rings is 1. The van der Waals surface area contributed by atoms with Crippen LogP contribution >= 0.6 is 0 Å². The Kier molecular flexibility index (Phi) is 4.75. The number of anilines is 1. The van der Waals surface area contributed by atoms with Crippen molar-refractivity contribution < 1.29 is 4.57 Å². The number of pyridine rings is 3. The lowest BCUT2D eigenvalue weighted by Crippen LogP contribution is -2.41. The molecule has 0 unspecified atom stereocenters. The molecular weight excluding hydrogens is 356 g/mol. The summed E-state index contributed by atoms with van der Waals surface area (Å²) in [5, 5.41) is 0. The number of rotatable bonds is 5. The molecular formula is C25H23N4+. The van der Waals surface area contributed by atoms with Crippen LogP contribution in [0.1, 0.15) is 28.2 Å². The Morgan fingerprint density at radius 2 is 1.48 bits per heavy atom. The maximum absolute atomic E-state index is 4.54. The molecule has 0 N–H and O–H groups in total. The normalized spacial score (nSPS) is 12.1. The van der Waals surface area contributed by atoms with Crippen molar-refractivity contribution in [2.75, 3.05) is 4.90 Å². The molecule has 0 atom stereocenters. The standard InChI is InChI=1S/C25H23N4/c1-4-12-26-22(7-1)18-29(19-23-8-2-5-13-27-23)25-11-10-20-17-28-14-6-3-9-24(28)15-21(20)16-25/h1-14,16H,15,17-19H2/q+1. The van der Waals surface area contributed by atoms with Gasteiger partial charge in [0.15, 0.2) is 18.4 Å². The zero-order valence-corrected chi connectivity index (χ0v) is 16.3. The number of hydrogen-bond donors (Lipinski definition) is 0. The largest absolute Gasteiger partial charge is 0.360 e. The summed E-state index contributed by atoms with van der Waals surface area (Å²) >= 11 is 0. The molecule has 4 heteroatoms. The van der Waals surface area contributed by atoms with Gasteiger partial charge in [0.2, 0.25) is 0 Å². The monoisotopic (exact) mass is 379 g/mol. The van der Waals surface area contributed by atoms with Crippen molar-refractivity contribution in [1.82, 2.24) is 9.97 Å². The maximum Gasteiger partial charge on any atom is 0.186 e. The first-order valence-corrected chi connectivity index (χ1v) is 9.99. The fourth-order valence-corrected chi connectivity index (χ4v) is 3.95. The van der Waals surface area contributed by atoms with Crippen molar-refractivity contribution in [3.63, 3.8) is 0 Å². The summed E-state index contributed by atoms with van der Waals surface area (Å²) in [5.41, 5.74) is 7.49. The molecule has 0 aliphatic carbocycles. The van der Waals surface area contributed by atoms with E-state index in [-0.39, 0.29) is 0 Å². The molecule has 0 radical (unpaired) electrons. The highest BCUT2D eigenvalue weighted by molar-refractivity contribution is 5.52. The minimum atomic E-state index is 0.752. The van der Waals surface area contributed by atoms with Crippen molar-refractivity contribution in [2.45, 2.75) is 26.1 Å². The summed E-state index contributed by atoms with van der Waals surface area (Å²) < 4.78 is 2.33. The molecule has 0 fully saturated rings. The van der Waals surface area contributed by atoms with Gasteiger partial charge in [0.1, 0.15) is 0 Å². The Labute approximate surface area is 171 Å². The molecule has 0 spiro atoms. The van der Waals surface area contributed by atoms with Crippen LogP contribution in [0.3, 0.4) is 0 Å². The van der Waals surface area contributed by atoms with Crippen molar-refractivity contribution in [3.05, 3.63) is 120 Å². The fraction of sp³-hybridized carbons (Fsp3) is 0.160. The zero-order valence-electron chi connectivity index (χ0n) is 16.3. The van der Waals surface area contributed by atoms with Gasteiger partial charge in [-0.3, -0.25) is 9.97 Å². The minimum absolute atomic E-state index is 0.752. The maximum atomic E-state index is 4.54. The van der Waals surface area contributed by atoms with Gasteiger partial charge in [-0.15, -0.1) is 0 Å². The Balaban J connectivity index is 1.47. The molecule has 4 aromatic rings. The summed E-state index contributed by atoms with van der Waals surface area (Å²) in [6.45, 7) is 2.44. The first-order chi connectivity index (χ1) is 14.3. The lowest BCUT2D eigenvalue weighted by Gasteiger charge is -2.26. The molecule has 29 heavy (non-hydrogen) atoms.